The van der Waals surface area contributed by atoms with Gasteiger partial charge in [0.25, 0.3) is 17.7 Å². The number of hydrogen-bond acceptors (Lipinski definition) is 7. The van der Waals surface area contributed by atoms with Crippen LogP contribution < -0.4 is 26.0 Å². The van der Waals surface area contributed by atoms with Gasteiger partial charge in [-0.05, 0) is 41.3 Å². The van der Waals surface area contributed by atoms with E-state index >= 15 is 0 Å². The molecule has 0 saturated carbocycles. The highest BCUT2D eigenvalue weighted by molar-refractivity contribution is 6.08. The number of methoxy groups -OCH3 is 1. The SMILES string of the molecule is COc1ccc2c(c1)C(=O)N(CC1(c3ccc(-c4ccc(C5NC(=O)NC5=O)nc4)cc3)NC(=O)NC1=O)CC2. The molecule has 40 heavy (non-hydrogen) atoms. The standard InChI is InChI=1S/C28H24N6O6/c1-40-19-8-4-16-10-11-34(24(36)20(16)12-19)14-28(25(37)32-27(39)33-28)18-6-2-15(3-7-18)17-5-9-21(29-13-17)22-23(35)31-26(38)30-22/h2-9,12-13,22H,10-11,14H2,1H3,(H2,30,31,35,38)(H2,32,33,37,39). The summed E-state index contributed by atoms with van der Waals surface area (Å²) < 4.78 is 5.28. The van der Waals surface area contributed by atoms with Crippen LogP contribution in [-0.4, -0.2) is 59.9 Å². The number of carbonyl (C=O) groups is 5. The highest BCUT2D eigenvalue weighted by atomic mass is 16.5. The number of pyridine rings is 1. The van der Waals surface area contributed by atoms with Gasteiger partial charge < -0.3 is 20.3 Å². The second kappa shape index (κ2) is 9.49. The minimum Gasteiger partial charge on any atom is -0.497 e. The van der Waals surface area contributed by atoms with E-state index in [1.807, 2.05) is 12.1 Å². The normalized spacial score (nSPS) is 21.9. The molecule has 0 bridgehead atoms. The highest BCUT2D eigenvalue weighted by Crippen LogP contribution is 2.32. The molecule has 0 radical (unpaired) electrons. The molecule has 3 aliphatic rings. The van der Waals surface area contributed by atoms with E-state index in [4.69, 9.17) is 4.74 Å². The summed E-state index contributed by atoms with van der Waals surface area (Å²) >= 11 is 0. The van der Waals surface area contributed by atoms with E-state index in [0.717, 1.165) is 16.7 Å². The summed E-state index contributed by atoms with van der Waals surface area (Å²) in [6, 6.07) is 13.8. The van der Waals surface area contributed by atoms with Crippen molar-refractivity contribution in [3.8, 4) is 16.9 Å². The van der Waals surface area contributed by atoms with Crippen LogP contribution in [0.15, 0.2) is 60.8 Å². The number of amides is 7. The molecule has 2 fully saturated rings. The molecule has 0 spiro atoms. The fourth-order valence-electron chi connectivity index (χ4n) is 5.28. The number of fused-ring (bicyclic) bond motifs is 1. The minimum absolute atomic E-state index is 0.0508. The monoisotopic (exact) mass is 540 g/mol. The molecule has 202 valence electrons. The zero-order chi connectivity index (χ0) is 28.0. The number of aromatic nitrogens is 1. The van der Waals surface area contributed by atoms with Gasteiger partial charge in [-0.3, -0.25) is 30.0 Å². The molecule has 6 rings (SSSR count). The third-order valence-electron chi connectivity index (χ3n) is 7.42. The Hall–Kier alpha value is -5.26. The molecule has 12 nitrogen and oxygen atoms in total. The van der Waals surface area contributed by atoms with E-state index in [9.17, 15) is 24.0 Å². The molecule has 3 aliphatic heterocycles. The average molecular weight is 541 g/mol. The predicted octanol–water partition coefficient (Wildman–Crippen LogP) is 1.37. The summed E-state index contributed by atoms with van der Waals surface area (Å²) in [5, 5.41) is 9.75. The van der Waals surface area contributed by atoms with Crippen LogP contribution in [0.5, 0.6) is 5.75 Å². The molecule has 4 N–H and O–H groups in total. The Bertz CT molecular complexity index is 1570. The molecule has 1 aromatic heterocycles. The molecule has 7 amide bonds. The number of carbonyl (C=O) groups excluding carboxylic acids is 5. The molecule has 2 atom stereocenters. The molecule has 2 unspecified atom stereocenters. The van der Waals surface area contributed by atoms with Gasteiger partial charge in [-0.2, -0.15) is 0 Å². The Kier molecular flexibility index (Phi) is 5.94. The maximum atomic E-state index is 13.4. The topological polar surface area (TPSA) is 159 Å². The fourth-order valence-corrected chi connectivity index (χ4v) is 5.28. The Labute approximate surface area is 228 Å². The van der Waals surface area contributed by atoms with E-state index in [2.05, 4.69) is 26.3 Å². The van der Waals surface area contributed by atoms with Gasteiger partial charge in [0.05, 0.1) is 19.3 Å². The van der Waals surface area contributed by atoms with Crippen LogP contribution in [-0.2, 0) is 21.5 Å². The van der Waals surface area contributed by atoms with Gasteiger partial charge in [0, 0.05) is 23.9 Å². The van der Waals surface area contributed by atoms with E-state index in [1.54, 1.807) is 53.6 Å². The van der Waals surface area contributed by atoms with E-state index in [1.165, 1.54) is 7.11 Å². The summed E-state index contributed by atoms with van der Waals surface area (Å²) in [4.78, 5) is 68.1. The smallest absolute Gasteiger partial charge is 0.322 e. The molecule has 12 heteroatoms. The van der Waals surface area contributed by atoms with Gasteiger partial charge in [-0.15, -0.1) is 0 Å². The molecule has 0 aliphatic carbocycles. The number of urea groups is 2. The number of hydrogen-bond donors (Lipinski definition) is 4. The van der Waals surface area contributed by atoms with Crippen LogP contribution in [0.1, 0.15) is 33.2 Å². The minimum atomic E-state index is -1.47. The largest absolute Gasteiger partial charge is 0.497 e. The third kappa shape index (κ3) is 4.19. The van der Waals surface area contributed by atoms with Crippen molar-refractivity contribution in [3.05, 3.63) is 83.2 Å². The lowest BCUT2D eigenvalue weighted by atomic mass is 9.87. The molecular formula is C28H24N6O6. The van der Waals surface area contributed by atoms with Crippen LogP contribution in [0.4, 0.5) is 9.59 Å². The van der Waals surface area contributed by atoms with Crippen molar-refractivity contribution in [2.24, 2.45) is 0 Å². The lowest BCUT2D eigenvalue weighted by Gasteiger charge is -2.36. The second-order valence-electron chi connectivity index (χ2n) is 9.76. The first-order valence-corrected chi connectivity index (χ1v) is 12.6. The first kappa shape index (κ1) is 25.0. The number of ether oxygens (including phenoxy) is 1. The maximum Gasteiger partial charge on any atom is 0.322 e. The zero-order valence-electron chi connectivity index (χ0n) is 21.3. The number of rotatable bonds is 6. The Morgan fingerprint density at radius 3 is 2.35 bits per heavy atom. The van der Waals surface area contributed by atoms with Gasteiger partial charge in [0.15, 0.2) is 11.6 Å². The van der Waals surface area contributed by atoms with Crippen molar-refractivity contribution < 1.29 is 28.7 Å². The van der Waals surface area contributed by atoms with Crippen molar-refractivity contribution in [2.45, 2.75) is 18.0 Å². The molecular weight excluding hydrogens is 516 g/mol. The third-order valence-corrected chi connectivity index (χ3v) is 7.42. The van der Waals surface area contributed by atoms with Crippen molar-refractivity contribution in [2.75, 3.05) is 20.2 Å². The van der Waals surface area contributed by atoms with Crippen molar-refractivity contribution in [1.29, 1.82) is 0 Å². The van der Waals surface area contributed by atoms with E-state index < -0.39 is 35.5 Å². The second-order valence-corrected chi connectivity index (χ2v) is 9.76. The first-order valence-electron chi connectivity index (χ1n) is 12.6. The van der Waals surface area contributed by atoms with Crippen molar-refractivity contribution >= 4 is 29.8 Å². The molecule has 2 saturated heterocycles. The van der Waals surface area contributed by atoms with Crippen molar-refractivity contribution in [1.82, 2.24) is 31.2 Å². The van der Waals surface area contributed by atoms with Gasteiger partial charge in [0.1, 0.15) is 5.75 Å². The zero-order valence-corrected chi connectivity index (χ0v) is 21.3. The van der Waals surface area contributed by atoms with Gasteiger partial charge in [0.2, 0.25) is 0 Å². The molecule has 2 aromatic carbocycles. The summed E-state index contributed by atoms with van der Waals surface area (Å²) in [6.07, 6.45) is 2.19. The summed E-state index contributed by atoms with van der Waals surface area (Å²) in [6.45, 7) is 0.337. The van der Waals surface area contributed by atoms with Crippen LogP contribution >= 0.6 is 0 Å². The summed E-state index contributed by atoms with van der Waals surface area (Å²) in [5.41, 5.74) is 2.36. The fraction of sp³-hybridized carbons (Fsp3) is 0.214. The average Bonchev–Trinajstić information content (AvgIpc) is 3.46. The quantitative estimate of drug-likeness (QED) is 0.344. The molecule has 4 heterocycles. The Balaban J connectivity index is 1.26. The van der Waals surface area contributed by atoms with Crippen LogP contribution in [0.3, 0.4) is 0 Å². The predicted molar refractivity (Wildman–Crippen MR) is 140 cm³/mol. The van der Waals surface area contributed by atoms with Crippen LogP contribution in [0, 0.1) is 0 Å². The van der Waals surface area contributed by atoms with Gasteiger partial charge in [-0.25, -0.2) is 9.59 Å². The van der Waals surface area contributed by atoms with Gasteiger partial charge >= 0.3 is 12.1 Å². The number of imide groups is 2. The number of nitrogens with one attached hydrogen (secondary N) is 4. The number of benzene rings is 2. The lowest BCUT2D eigenvalue weighted by Crippen LogP contribution is -2.55. The Morgan fingerprint density at radius 1 is 0.950 bits per heavy atom. The van der Waals surface area contributed by atoms with E-state index in [-0.39, 0.29) is 12.5 Å². The summed E-state index contributed by atoms with van der Waals surface area (Å²) in [7, 11) is 1.53. The van der Waals surface area contributed by atoms with E-state index in [0.29, 0.717) is 35.5 Å². The number of nitrogens with zero attached hydrogens (tertiary/aromatic N) is 2. The first-order chi connectivity index (χ1) is 19.3. The van der Waals surface area contributed by atoms with Crippen molar-refractivity contribution in [3.63, 3.8) is 0 Å². The summed E-state index contributed by atoms with van der Waals surface area (Å²) in [5.74, 6) is -0.697. The van der Waals surface area contributed by atoms with Crippen LogP contribution in [0.2, 0.25) is 0 Å². The van der Waals surface area contributed by atoms with Gasteiger partial charge in [-0.1, -0.05) is 36.4 Å². The maximum absolute atomic E-state index is 13.4. The lowest BCUT2D eigenvalue weighted by molar-refractivity contribution is -0.125. The highest BCUT2D eigenvalue weighted by Gasteiger charge is 2.50. The van der Waals surface area contributed by atoms with Crippen LogP contribution in [0.25, 0.3) is 11.1 Å². The molecule has 3 aromatic rings. The Morgan fingerprint density at radius 2 is 1.73 bits per heavy atom.